The summed E-state index contributed by atoms with van der Waals surface area (Å²) in [4.78, 5) is 32.6. The molecule has 2 heterocycles. The molecule has 1 aromatic heterocycles. The topological polar surface area (TPSA) is 97.6 Å². The molecule has 0 unspecified atom stereocenters. The Morgan fingerprint density at radius 2 is 1.71 bits per heavy atom. The Labute approximate surface area is 265 Å². The number of ether oxygens (including phenoxy) is 5. The first-order valence-corrected chi connectivity index (χ1v) is 15.5. The number of methoxy groups -OCH3 is 2. The smallest absolute Gasteiger partial charge is 0.338 e. The average Bonchev–Trinajstić information content (AvgIpc) is 3.33. The molecule has 234 valence electrons. The van der Waals surface area contributed by atoms with Gasteiger partial charge in [-0.3, -0.25) is 9.36 Å². The van der Waals surface area contributed by atoms with Crippen molar-refractivity contribution in [3.05, 3.63) is 114 Å². The molecule has 0 N–H and O–H groups in total. The number of fused-ring (bicyclic) bond motifs is 1. The lowest BCUT2D eigenvalue weighted by Crippen LogP contribution is -2.40. The number of nitrogens with zero attached hydrogens (tertiary/aromatic N) is 2. The fourth-order valence-corrected chi connectivity index (χ4v) is 6.35. The minimum atomic E-state index is -0.842. The number of para-hydroxylation sites is 1. The van der Waals surface area contributed by atoms with Crippen LogP contribution in [0.3, 0.4) is 0 Å². The fourth-order valence-electron chi connectivity index (χ4n) is 5.30. The molecule has 1 aliphatic heterocycles. The molecule has 1 atom stereocenters. The van der Waals surface area contributed by atoms with Crippen LogP contribution in [0.15, 0.2) is 81.7 Å². The van der Waals surface area contributed by atoms with Crippen LogP contribution in [0.5, 0.6) is 23.0 Å². The molecule has 5 rings (SSSR count). The van der Waals surface area contributed by atoms with E-state index in [0.717, 1.165) is 16.7 Å². The van der Waals surface area contributed by atoms with Gasteiger partial charge in [-0.05, 0) is 63.1 Å². The third kappa shape index (κ3) is 6.51. The number of esters is 1. The zero-order valence-electron chi connectivity index (χ0n) is 26.2. The van der Waals surface area contributed by atoms with Gasteiger partial charge in [-0.25, -0.2) is 9.79 Å². The summed E-state index contributed by atoms with van der Waals surface area (Å²) in [5.74, 6) is 1.53. The number of aromatic nitrogens is 1. The van der Waals surface area contributed by atoms with Crippen LogP contribution in [-0.2, 0) is 16.1 Å². The van der Waals surface area contributed by atoms with Crippen molar-refractivity contribution >= 4 is 23.4 Å². The molecule has 0 fully saturated rings. The largest absolute Gasteiger partial charge is 0.493 e. The maximum Gasteiger partial charge on any atom is 0.338 e. The third-order valence-electron chi connectivity index (χ3n) is 7.29. The monoisotopic (exact) mass is 628 g/mol. The lowest BCUT2D eigenvalue weighted by Gasteiger charge is -2.26. The first kappa shape index (κ1) is 31.6. The van der Waals surface area contributed by atoms with Crippen LogP contribution in [0, 0.1) is 6.92 Å². The molecule has 10 heteroatoms. The molecule has 4 aromatic rings. The van der Waals surface area contributed by atoms with Crippen LogP contribution in [0.25, 0.3) is 6.08 Å². The molecule has 0 amide bonds. The van der Waals surface area contributed by atoms with Gasteiger partial charge in [0.25, 0.3) is 5.56 Å². The molecule has 0 saturated carbocycles. The molecule has 0 aliphatic carbocycles. The van der Waals surface area contributed by atoms with Crippen LogP contribution < -0.4 is 33.8 Å². The second kappa shape index (κ2) is 13.9. The number of thiazole rings is 1. The molecule has 0 spiro atoms. The van der Waals surface area contributed by atoms with E-state index < -0.39 is 12.0 Å². The van der Waals surface area contributed by atoms with Gasteiger partial charge in [0.1, 0.15) is 12.6 Å². The van der Waals surface area contributed by atoms with E-state index in [1.165, 1.54) is 15.9 Å². The Morgan fingerprint density at radius 3 is 2.42 bits per heavy atom. The van der Waals surface area contributed by atoms with E-state index in [1.54, 1.807) is 46.3 Å². The zero-order chi connectivity index (χ0) is 32.1. The number of hydrogen-bond donors (Lipinski definition) is 0. The first-order chi connectivity index (χ1) is 21.8. The molecule has 1 aliphatic rings. The van der Waals surface area contributed by atoms with Crippen LogP contribution in [0.1, 0.15) is 49.1 Å². The molecular weight excluding hydrogens is 592 g/mol. The van der Waals surface area contributed by atoms with E-state index in [9.17, 15) is 9.59 Å². The van der Waals surface area contributed by atoms with Crippen molar-refractivity contribution < 1.29 is 28.5 Å². The van der Waals surface area contributed by atoms with Gasteiger partial charge in [0.05, 0.1) is 43.2 Å². The number of carbonyl (C=O) groups excluding carboxylic acids is 1. The molecule has 0 saturated heterocycles. The van der Waals surface area contributed by atoms with Crippen molar-refractivity contribution in [3.63, 3.8) is 0 Å². The predicted molar refractivity (Wildman–Crippen MR) is 173 cm³/mol. The third-order valence-corrected chi connectivity index (χ3v) is 8.27. The van der Waals surface area contributed by atoms with Gasteiger partial charge in [-0.1, -0.05) is 59.4 Å². The number of aryl methyl sites for hydroxylation is 1. The molecule has 9 nitrogen and oxygen atoms in total. The number of rotatable bonds is 11. The van der Waals surface area contributed by atoms with E-state index in [4.69, 9.17) is 23.7 Å². The van der Waals surface area contributed by atoms with E-state index in [-0.39, 0.29) is 17.7 Å². The van der Waals surface area contributed by atoms with Gasteiger partial charge in [0.15, 0.2) is 27.8 Å². The summed E-state index contributed by atoms with van der Waals surface area (Å²) < 4.78 is 30.7. The lowest BCUT2D eigenvalue weighted by molar-refractivity contribution is -0.139. The normalized spacial score (nSPS) is 14.4. The van der Waals surface area contributed by atoms with Crippen LogP contribution in [0.2, 0.25) is 0 Å². The summed E-state index contributed by atoms with van der Waals surface area (Å²) in [7, 11) is 3.13. The van der Waals surface area contributed by atoms with Crippen molar-refractivity contribution in [3.8, 4) is 23.0 Å². The average molecular weight is 629 g/mol. The molecular formula is C35H36N2O7S. The number of carbonyl (C=O) groups is 1. The Morgan fingerprint density at radius 1 is 0.933 bits per heavy atom. The van der Waals surface area contributed by atoms with E-state index in [1.807, 2.05) is 56.3 Å². The highest BCUT2D eigenvalue weighted by molar-refractivity contribution is 7.07. The number of benzene rings is 3. The summed E-state index contributed by atoms with van der Waals surface area (Å²) in [5, 5.41) is 0. The van der Waals surface area contributed by atoms with Crippen LogP contribution in [-0.4, -0.2) is 38.0 Å². The van der Waals surface area contributed by atoms with E-state index in [0.29, 0.717) is 56.8 Å². The van der Waals surface area contributed by atoms with Gasteiger partial charge in [-0.2, -0.15) is 0 Å². The predicted octanol–water partition coefficient (Wildman–Crippen LogP) is 5.10. The van der Waals surface area contributed by atoms with Crippen molar-refractivity contribution in [2.24, 2.45) is 4.99 Å². The Balaban J connectivity index is 1.60. The van der Waals surface area contributed by atoms with Crippen molar-refractivity contribution in [2.75, 3.05) is 27.4 Å². The summed E-state index contributed by atoms with van der Waals surface area (Å²) in [6.45, 7) is 8.32. The highest BCUT2D eigenvalue weighted by Gasteiger charge is 2.36. The number of allylic oxidation sites excluding steroid dienone is 1. The fraction of sp³-hybridized carbons (Fsp3) is 0.286. The quantitative estimate of drug-likeness (QED) is 0.213. The van der Waals surface area contributed by atoms with Crippen LogP contribution >= 0.6 is 11.3 Å². The Bertz CT molecular complexity index is 1940. The number of hydrogen-bond acceptors (Lipinski definition) is 9. The summed E-state index contributed by atoms with van der Waals surface area (Å²) in [6.07, 6.45) is 1.78. The molecule has 45 heavy (non-hydrogen) atoms. The first-order valence-electron chi connectivity index (χ1n) is 14.6. The summed E-state index contributed by atoms with van der Waals surface area (Å²) >= 11 is 1.24. The van der Waals surface area contributed by atoms with Crippen molar-refractivity contribution in [1.82, 2.24) is 4.57 Å². The molecule has 3 aromatic carbocycles. The highest BCUT2D eigenvalue weighted by atomic mass is 32.1. The Hall–Kier alpha value is -4.83. The van der Waals surface area contributed by atoms with Gasteiger partial charge in [-0.15, -0.1) is 0 Å². The second-order valence-electron chi connectivity index (χ2n) is 10.3. The van der Waals surface area contributed by atoms with E-state index >= 15 is 0 Å². The standard InChI is InChI=1S/C35H36N2O7S/c1-7-42-32-25(13-10-14-27(32)40-5)31-30(34(39)43-8-2)22(4)36-35-37(31)33(38)29(45-35)19-23-15-16-26(28(18-23)41-6)44-20-24-12-9-11-21(3)17-24/h9-19,31H,7-8,20H2,1-6H3/b29-19+/t31-/m1/s1. The minimum absolute atomic E-state index is 0.176. The van der Waals surface area contributed by atoms with Gasteiger partial charge in [0, 0.05) is 5.56 Å². The summed E-state index contributed by atoms with van der Waals surface area (Å²) in [6, 6.07) is 18.2. The van der Waals surface area contributed by atoms with Gasteiger partial charge in [0.2, 0.25) is 0 Å². The lowest BCUT2D eigenvalue weighted by atomic mass is 9.94. The van der Waals surface area contributed by atoms with Gasteiger partial charge >= 0.3 is 5.97 Å². The van der Waals surface area contributed by atoms with Crippen LogP contribution in [0.4, 0.5) is 0 Å². The Kier molecular flexibility index (Phi) is 9.73. The van der Waals surface area contributed by atoms with Gasteiger partial charge < -0.3 is 23.7 Å². The highest BCUT2D eigenvalue weighted by Crippen LogP contribution is 2.40. The van der Waals surface area contributed by atoms with Crippen molar-refractivity contribution in [2.45, 2.75) is 40.3 Å². The molecule has 0 radical (unpaired) electrons. The second-order valence-corrected chi connectivity index (χ2v) is 11.3. The zero-order valence-corrected chi connectivity index (χ0v) is 27.0. The van der Waals surface area contributed by atoms with Crippen molar-refractivity contribution in [1.29, 1.82) is 0 Å². The van der Waals surface area contributed by atoms with E-state index in [2.05, 4.69) is 11.1 Å². The SMILES string of the molecule is CCOC(=O)C1=C(C)N=c2s/c(=C/c3ccc(OCc4cccc(C)c4)c(OC)c3)c(=O)n2[C@@H]1c1cccc(OC)c1OCC. The minimum Gasteiger partial charge on any atom is -0.493 e. The molecule has 0 bridgehead atoms. The maximum absolute atomic E-state index is 14.1. The maximum atomic E-state index is 14.1. The summed E-state index contributed by atoms with van der Waals surface area (Å²) in [5.41, 5.74) is 3.98.